The Kier molecular flexibility index (Phi) is 7.10. The molecule has 0 spiro atoms. The summed E-state index contributed by atoms with van der Waals surface area (Å²) in [6.07, 6.45) is 3.44. The standard InChI is InChI=1S/C27H34N4O4/c1-16(2)12-21-25(32)29-23(20-13-17-8-6-7-9-18(17)14-20)26(33)31(21)24(27(34)30(3)4)19-10-11-22(35-5)28-15-19/h6-11,15-16,20-21,23-24H,12-14H2,1-5H3,(H,29,32)/t21-,23-,24-/m1/s1. The second-order valence-electron chi connectivity index (χ2n) is 10.1. The topological polar surface area (TPSA) is 91.8 Å². The largest absolute Gasteiger partial charge is 0.481 e. The van der Waals surface area contributed by atoms with Crippen molar-refractivity contribution in [3.05, 3.63) is 59.3 Å². The van der Waals surface area contributed by atoms with E-state index in [1.54, 1.807) is 32.4 Å². The Morgan fingerprint density at radius 1 is 1.14 bits per heavy atom. The maximum atomic E-state index is 14.2. The van der Waals surface area contributed by atoms with Gasteiger partial charge in [0.25, 0.3) is 0 Å². The number of amides is 3. The van der Waals surface area contributed by atoms with Crippen molar-refractivity contribution in [2.24, 2.45) is 11.8 Å². The Bertz CT molecular complexity index is 1070. The second-order valence-corrected chi connectivity index (χ2v) is 10.1. The molecule has 0 saturated carbocycles. The van der Waals surface area contributed by atoms with Crippen molar-refractivity contribution < 1.29 is 19.1 Å². The molecule has 35 heavy (non-hydrogen) atoms. The van der Waals surface area contributed by atoms with Gasteiger partial charge in [-0.3, -0.25) is 14.4 Å². The van der Waals surface area contributed by atoms with Crippen molar-refractivity contribution in [1.82, 2.24) is 20.1 Å². The molecule has 1 aromatic heterocycles. The summed E-state index contributed by atoms with van der Waals surface area (Å²) < 4.78 is 5.18. The van der Waals surface area contributed by atoms with Crippen molar-refractivity contribution in [2.75, 3.05) is 21.2 Å². The third kappa shape index (κ3) is 4.88. The van der Waals surface area contributed by atoms with Crippen molar-refractivity contribution >= 4 is 17.7 Å². The monoisotopic (exact) mass is 478 g/mol. The predicted molar refractivity (Wildman–Crippen MR) is 132 cm³/mol. The highest BCUT2D eigenvalue weighted by Gasteiger charge is 2.49. The van der Waals surface area contributed by atoms with Gasteiger partial charge in [0.2, 0.25) is 23.6 Å². The van der Waals surface area contributed by atoms with Crippen LogP contribution in [0.15, 0.2) is 42.6 Å². The van der Waals surface area contributed by atoms with Gasteiger partial charge in [-0.05, 0) is 48.3 Å². The summed E-state index contributed by atoms with van der Waals surface area (Å²) >= 11 is 0. The highest BCUT2D eigenvalue weighted by Crippen LogP contribution is 2.35. The summed E-state index contributed by atoms with van der Waals surface area (Å²) in [4.78, 5) is 48.4. The van der Waals surface area contributed by atoms with E-state index in [9.17, 15) is 14.4 Å². The number of nitrogens with zero attached hydrogens (tertiary/aromatic N) is 3. The van der Waals surface area contributed by atoms with Gasteiger partial charge in [0, 0.05) is 31.9 Å². The number of benzene rings is 1. The highest BCUT2D eigenvalue weighted by molar-refractivity contribution is 6.00. The number of methoxy groups -OCH3 is 1. The van der Waals surface area contributed by atoms with E-state index < -0.39 is 18.1 Å². The third-order valence-electron chi connectivity index (χ3n) is 6.94. The predicted octanol–water partition coefficient (Wildman–Crippen LogP) is 2.38. The van der Waals surface area contributed by atoms with Crippen LogP contribution in [0.2, 0.25) is 0 Å². The maximum absolute atomic E-state index is 14.2. The number of aromatic nitrogens is 1. The van der Waals surface area contributed by atoms with Gasteiger partial charge in [0.15, 0.2) is 0 Å². The molecule has 1 aliphatic carbocycles. The van der Waals surface area contributed by atoms with Crippen LogP contribution in [0.1, 0.15) is 43.0 Å². The molecule has 1 N–H and O–H groups in total. The van der Waals surface area contributed by atoms with Crippen molar-refractivity contribution in [2.45, 2.75) is 51.2 Å². The minimum Gasteiger partial charge on any atom is -0.481 e. The molecule has 0 bridgehead atoms. The Hall–Kier alpha value is -3.42. The minimum atomic E-state index is -0.961. The first-order valence-electron chi connectivity index (χ1n) is 12.1. The van der Waals surface area contributed by atoms with E-state index in [0.29, 0.717) is 30.7 Å². The van der Waals surface area contributed by atoms with Gasteiger partial charge in [0.05, 0.1) is 7.11 Å². The number of likely N-dealkylation sites (N-methyl/N-ethyl adjacent to an activating group) is 1. The Morgan fingerprint density at radius 2 is 1.80 bits per heavy atom. The molecule has 1 aromatic carbocycles. The summed E-state index contributed by atoms with van der Waals surface area (Å²) in [5.74, 6) is -0.204. The average Bonchev–Trinajstić information content (AvgIpc) is 3.27. The lowest BCUT2D eigenvalue weighted by atomic mass is 9.88. The zero-order valence-electron chi connectivity index (χ0n) is 21.0. The van der Waals surface area contributed by atoms with Gasteiger partial charge in [-0.25, -0.2) is 4.98 Å². The van der Waals surface area contributed by atoms with Crippen LogP contribution in [0.5, 0.6) is 5.88 Å². The fourth-order valence-corrected chi connectivity index (χ4v) is 5.22. The Morgan fingerprint density at radius 3 is 2.31 bits per heavy atom. The van der Waals surface area contributed by atoms with Crippen molar-refractivity contribution in [3.8, 4) is 5.88 Å². The van der Waals surface area contributed by atoms with Gasteiger partial charge in [-0.1, -0.05) is 38.1 Å². The molecule has 186 valence electrons. The summed E-state index contributed by atoms with van der Waals surface area (Å²) in [7, 11) is 4.83. The van der Waals surface area contributed by atoms with Crippen LogP contribution in [0, 0.1) is 11.8 Å². The minimum absolute atomic E-state index is 0.0598. The molecule has 2 heterocycles. The second kappa shape index (κ2) is 10.1. The third-order valence-corrected chi connectivity index (χ3v) is 6.94. The van der Waals surface area contributed by atoms with Gasteiger partial charge in [0.1, 0.15) is 18.1 Å². The van der Waals surface area contributed by atoms with E-state index in [4.69, 9.17) is 4.74 Å². The van der Waals surface area contributed by atoms with E-state index in [1.165, 1.54) is 28.0 Å². The first-order chi connectivity index (χ1) is 16.7. The van der Waals surface area contributed by atoms with Crippen LogP contribution in [0.3, 0.4) is 0 Å². The molecule has 3 amide bonds. The number of ether oxygens (including phenoxy) is 1. The smallest absolute Gasteiger partial charge is 0.249 e. The van der Waals surface area contributed by atoms with Gasteiger partial charge >= 0.3 is 0 Å². The number of hydrogen-bond donors (Lipinski definition) is 1. The van der Waals surface area contributed by atoms with E-state index in [1.807, 2.05) is 26.0 Å². The summed E-state index contributed by atoms with van der Waals surface area (Å²) in [6.45, 7) is 4.01. The number of hydrogen-bond acceptors (Lipinski definition) is 5. The molecule has 1 aliphatic heterocycles. The number of pyridine rings is 1. The lowest BCUT2D eigenvalue weighted by molar-refractivity contribution is -0.159. The molecule has 2 aliphatic rings. The maximum Gasteiger partial charge on any atom is 0.249 e. The quantitative estimate of drug-likeness (QED) is 0.660. The molecule has 1 fully saturated rings. The van der Waals surface area contributed by atoms with Crippen molar-refractivity contribution in [1.29, 1.82) is 0 Å². The highest BCUT2D eigenvalue weighted by atomic mass is 16.5. The lowest BCUT2D eigenvalue weighted by Crippen LogP contribution is -2.67. The number of fused-ring (bicyclic) bond motifs is 1. The summed E-state index contributed by atoms with van der Waals surface area (Å²) in [5, 5.41) is 3.03. The number of piperazine rings is 1. The SMILES string of the molecule is COc1ccc([C@H](C(=O)N(C)C)N2C(=O)[C@@H](C3Cc4ccccc4C3)NC(=O)[C@H]2CC(C)C)cn1. The number of nitrogens with one attached hydrogen (secondary N) is 1. The summed E-state index contributed by atoms with van der Waals surface area (Å²) in [5.41, 5.74) is 2.96. The van der Waals surface area contributed by atoms with Crippen LogP contribution in [-0.2, 0) is 27.2 Å². The van der Waals surface area contributed by atoms with Crippen molar-refractivity contribution in [3.63, 3.8) is 0 Å². The van der Waals surface area contributed by atoms with E-state index in [0.717, 1.165) is 0 Å². The molecule has 0 radical (unpaired) electrons. The molecule has 0 unspecified atom stereocenters. The fourth-order valence-electron chi connectivity index (χ4n) is 5.22. The van der Waals surface area contributed by atoms with E-state index >= 15 is 0 Å². The van der Waals surface area contributed by atoms with Crippen LogP contribution in [0.25, 0.3) is 0 Å². The number of rotatable bonds is 7. The van der Waals surface area contributed by atoms with Gasteiger partial charge < -0.3 is 19.9 Å². The zero-order valence-corrected chi connectivity index (χ0v) is 21.0. The summed E-state index contributed by atoms with van der Waals surface area (Å²) in [6, 6.07) is 9.15. The molecular weight excluding hydrogens is 444 g/mol. The van der Waals surface area contributed by atoms with Crippen LogP contribution < -0.4 is 10.1 Å². The van der Waals surface area contributed by atoms with Crippen LogP contribution in [0.4, 0.5) is 0 Å². The van der Waals surface area contributed by atoms with E-state index in [2.05, 4.69) is 22.4 Å². The average molecular weight is 479 g/mol. The number of carbonyl (C=O) groups excluding carboxylic acids is 3. The lowest BCUT2D eigenvalue weighted by Gasteiger charge is -2.45. The molecule has 1 saturated heterocycles. The molecule has 4 rings (SSSR count). The first kappa shape index (κ1) is 24.7. The van der Waals surface area contributed by atoms with Crippen LogP contribution in [-0.4, -0.2) is 65.8 Å². The fraction of sp³-hybridized carbons (Fsp3) is 0.481. The molecule has 3 atom stereocenters. The van der Waals surface area contributed by atoms with E-state index in [-0.39, 0.29) is 29.6 Å². The Labute approximate surface area is 206 Å². The first-order valence-corrected chi connectivity index (χ1v) is 12.1. The molecular formula is C27H34N4O4. The normalized spacial score (nSPS) is 21.0. The number of carbonyl (C=O) groups is 3. The Balaban J connectivity index is 1.75. The molecule has 8 heteroatoms. The van der Waals surface area contributed by atoms with Crippen LogP contribution >= 0.6 is 0 Å². The zero-order chi connectivity index (χ0) is 25.3. The molecule has 8 nitrogen and oxygen atoms in total. The molecule has 2 aromatic rings. The van der Waals surface area contributed by atoms with Gasteiger partial charge in [-0.2, -0.15) is 0 Å². The van der Waals surface area contributed by atoms with Gasteiger partial charge in [-0.15, -0.1) is 0 Å².